The van der Waals surface area contributed by atoms with E-state index in [-0.39, 0.29) is 12.0 Å². The van der Waals surface area contributed by atoms with E-state index in [2.05, 4.69) is 16.4 Å². The molecular weight excluding hydrogens is 328 g/mol. The van der Waals surface area contributed by atoms with Crippen LogP contribution in [0.1, 0.15) is 47.0 Å². The molecular formula is C21H20N2O3. The molecule has 1 amide bonds. The second kappa shape index (κ2) is 6.16. The Morgan fingerprint density at radius 2 is 2.04 bits per heavy atom. The highest BCUT2D eigenvalue weighted by Gasteiger charge is 2.29. The van der Waals surface area contributed by atoms with Gasteiger partial charge in [-0.2, -0.15) is 0 Å². The zero-order valence-electron chi connectivity index (χ0n) is 14.4. The van der Waals surface area contributed by atoms with Gasteiger partial charge in [0.15, 0.2) is 11.5 Å². The third kappa shape index (κ3) is 2.94. The van der Waals surface area contributed by atoms with Gasteiger partial charge in [0.25, 0.3) is 5.91 Å². The van der Waals surface area contributed by atoms with Crippen LogP contribution in [0, 0.1) is 0 Å². The van der Waals surface area contributed by atoms with Crippen LogP contribution in [-0.2, 0) is 6.42 Å². The standard InChI is InChI=1S/C21H20N2O3/c24-20(22-12-16-9-7-13-3-1-2-4-18(13)25-16)15-8-10-17-19(11-15)26-21(23-17)14-5-6-14/h1-4,8,10-11,14,16H,5-7,9,12H2,(H,22,24)/t16-/m1/s1. The molecule has 0 spiro atoms. The number of rotatable bonds is 4. The first-order valence-corrected chi connectivity index (χ1v) is 9.19. The highest BCUT2D eigenvalue weighted by Crippen LogP contribution is 2.40. The van der Waals surface area contributed by atoms with Crippen molar-refractivity contribution >= 4 is 17.0 Å². The van der Waals surface area contributed by atoms with Gasteiger partial charge in [-0.1, -0.05) is 18.2 Å². The summed E-state index contributed by atoms with van der Waals surface area (Å²) >= 11 is 0. The molecule has 26 heavy (non-hydrogen) atoms. The number of fused-ring (bicyclic) bond motifs is 2. The molecule has 3 aromatic rings. The van der Waals surface area contributed by atoms with E-state index in [9.17, 15) is 4.79 Å². The summed E-state index contributed by atoms with van der Waals surface area (Å²) < 4.78 is 11.8. The van der Waals surface area contributed by atoms with Crippen LogP contribution in [0.3, 0.4) is 0 Å². The van der Waals surface area contributed by atoms with Crippen LogP contribution >= 0.6 is 0 Å². The van der Waals surface area contributed by atoms with Gasteiger partial charge in [-0.05, 0) is 55.5 Å². The molecule has 1 aliphatic heterocycles. The van der Waals surface area contributed by atoms with Crippen molar-refractivity contribution in [3.05, 3.63) is 59.5 Å². The number of nitrogens with one attached hydrogen (secondary N) is 1. The molecule has 0 bridgehead atoms. The SMILES string of the molecule is O=C(NC[C@H]1CCc2ccccc2O1)c1ccc2nc(C3CC3)oc2c1. The lowest BCUT2D eigenvalue weighted by Crippen LogP contribution is -2.37. The molecule has 0 radical (unpaired) electrons. The van der Waals surface area contributed by atoms with E-state index in [4.69, 9.17) is 9.15 Å². The summed E-state index contributed by atoms with van der Waals surface area (Å²) in [5.41, 5.74) is 3.32. The monoisotopic (exact) mass is 348 g/mol. The molecule has 132 valence electrons. The summed E-state index contributed by atoms with van der Waals surface area (Å²) in [5, 5.41) is 2.98. The van der Waals surface area contributed by atoms with E-state index in [1.54, 1.807) is 12.1 Å². The van der Waals surface area contributed by atoms with Gasteiger partial charge in [0.2, 0.25) is 0 Å². The smallest absolute Gasteiger partial charge is 0.251 e. The number of aromatic nitrogens is 1. The maximum Gasteiger partial charge on any atom is 0.251 e. The number of oxazole rings is 1. The molecule has 2 aliphatic rings. The minimum Gasteiger partial charge on any atom is -0.488 e. The summed E-state index contributed by atoms with van der Waals surface area (Å²) in [6.45, 7) is 0.495. The Morgan fingerprint density at radius 1 is 1.15 bits per heavy atom. The summed E-state index contributed by atoms with van der Waals surface area (Å²) in [5.74, 6) is 2.07. The molecule has 5 rings (SSSR count). The maximum atomic E-state index is 12.5. The first-order valence-electron chi connectivity index (χ1n) is 9.19. The van der Waals surface area contributed by atoms with E-state index >= 15 is 0 Å². The van der Waals surface area contributed by atoms with Crippen molar-refractivity contribution in [1.82, 2.24) is 10.3 Å². The third-order valence-electron chi connectivity index (χ3n) is 5.09. The Labute approximate surface area is 151 Å². The van der Waals surface area contributed by atoms with Gasteiger partial charge >= 0.3 is 0 Å². The Kier molecular flexibility index (Phi) is 3.66. The van der Waals surface area contributed by atoms with Crippen LogP contribution in [0.2, 0.25) is 0 Å². The molecule has 5 heteroatoms. The zero-order valence-corrected chi connectivity index (χ0v) is 14.4. The van der Waals surface area contributed by atoms with Gasteiger partial charge in [0, 0.05) is 11.5 Å². The second-order valence-corrected chi connectivity index (χ2v) is 7.11. The Hall–Kier alpha value is -2.82. The van der Waals surface area contributed by atoms with Gasteiger partial charge < -0.3 is 14.5 Å². The van der Waals surface area contributed by atoms with Gasteiger partial charge in [0.05, 0.1) is 6.54 Å². The molecule has 1 fully saturated rings. The lowest BCUT2D eigenvalue weighted by Gasteiger charge is -2.26. The van der Waals surface area contributed by atoms with Crippen molar-refractivity contribution < 1.29 is 13.9 Å². The molecule has 1 saturated carbocycles. The number of hydrogen-bond donors (Lipinski definition) is 1. The number of benzene rings is 2. The predicted molar refractivity (Wildman–Crippen MR) is 97.5 cm³/mol. The van der Waals surface area contributed by atoms with E-state index in [1.165, 1.54) is 5.56 Å². The first-order chi connectivity index (χ1) is 12.8. The predicted octanol–water partition coefficient (Wildman–Crippen LogP) is 3.83. The fourth-order valence-corrected chi connectivity index (χ4v) is 3.42. The number of nitrogens with zero attached hydrogens (tertiary/aromatic N) is 1. The Bertz CT molecular complexity index is 974. The fraction of sp³-hybridized carbons (Fsp3) is 0.333. The molecule has 1 aliphatic carbocycles. The number of carbonyl (C=O) groups excluding carboxylic acids is 1. The summed E-state index contributed by atoms with van der Waals surface area (Å²) in [6, 6.07) is 13.5. The molecule has 1 atom stereocenters. The van der Waals surface area contributed by atoms with Crippen LogP contribution < -0.4 is 10.1 Å². The second-order valence-electron chi connectivity index (χ2n) is 7.11. The molecule has 0 unspecified atom stereocenters. The summed E-state index contributed by atoms with van der Waals surface area (Å²) in [4.78, 5) is 17.0. The van der Waals surface area contributed by atoms with Crippen LogP contribution in [-0.4, -0.2) is 23.5 Å². The minimum atomic E-state index is -0.112. The summed E-state index contributed by atoms with van der Waals surface area (Å²) in [7, 11) is 0. The van der Waals surface area contributed by atoms with Crippen molar-refractivity contribution in [2.45, 2.75) is 37.7 Å². The van der Waals surface area contributed by atoms with Crippen LogP contribution in [0.5, 0.6) is 5.75 Å². The Balaban J connectivity index is 1.25. The number of ether oxygens (including phenoxy) is 1. The van der Waals surface area contributed by atoms with Gasteiger partial charge in [-0.15, -0.1) is 0 Å². The van der Waals surface area contributed by atoms with Crippen molar-refractivity contribution in [3.63, 3.8) is 0 Å². The van der Waals surface area contributed by atoms with E-state index in [0.717, 1.165) is 42.8 Å². The largest absolute Gasteiger partial charge is 0.488 e. The fourth-order valence-electron chi connectivity index (χ4n) is 3.42. The molecule has 1 aromatic heterocycles. The molecule has 0 saturated heterocycles. The first kappa shape index (κ1) is 15.4. The van der Waals surface area contributed by atoms with Gasteiger partial charge in [0.1, 0.15) is 17.4 Å². The van der Waals surface area contributed by atoms with Crippen molar-refractivity contribution in [2.24, 2.45) is 0 Å². The average molecular weight is 348 g/mol. The number of aryl methyl sites for hydroxylation is 1. The summed E-state index contributed by atoms with van der Waals surface area (Å²) in [6.07, 6.45) is 4.17. The van der Waals surface area contributed by atoms with E-state index in [0.29, 0.717) is 23.6 Å². The molecule has 2 aromatic carbocycles. The van der Waals surface area contributed by atoms with Gasteiger partial charge in [-0.3, -0.25) is 4.79 Å². The number of carbonyl (C=O) groups is 1. The third-order valence-corrected chi connectivity index (χ3v) is 5.09. The Morgan fingerprint density at radius 3 is 2.92 bits per heavy atom. The van der Waals surface area contributed by atoms with Gasteiger partial charge in [-0.25, -0.2) is 4.98 Å². The normalized spacial score (nSPS) is 19.0. The zero-order chi connectivity index (χ0) is 17.5. The number of amides is 1. The van der Waals surface area contributed by atoms with Crippen molar-refractivity contribution in [1.29, 1.82) is 0 Å². The molecule has 2 heterocycles. The molecule has 5 nitrogen and oxygen atoms in total. The van der Waals surface area contributed by atoms with Crippen LogP contribution in [0.4, 0.5) is 0 Å². The van der Waals surface area contributed by atoms with Crippen molar-refractivity contribution in [3.8, 4) is 5.75 Å². The number of para-hydroxylation sites is 1. The lowest BCUT2D eigenvalue weighted by atomic mass is 10.0. The number of hydrogen-bond acceptors (Lipinski definition) is 4. The van der Waals surface area contributed by atoms with E-state index in [1.807, 2.05) is 24.3 Å². The highest BCUT2D eigenvalue weighted by molar-refractivity contribution is 5.97. The topological polar surface area (TPSA) is 64.4 Å². The van der Waals surface area contributed by atoms with Crippen LogP contribution in [0.15, 0.2) is 46.9 Å². The van der Waals surface area contributed by atoms with E-state index < -0.39 is 0 Å². The quantitative estimate of drug-likeness (QED) is 0.778. The average Bonchev–Trinajstić information content (AvgIpc) is 3.44. The lowest BCUT2D eigenvalue weighted by molar-refractivity contribution is 0.0918. The van der Waals surface area contributed by atoms with Crippen molar-refractivity contribution in [2.75, 3.05) is 6.54 Å². The molecule has 1 N–H and O–H groups in total. The maximum absolute atomic E-state index is 12.5. The highest BCUT2D eigenvalue weighted by atomic mass is 16.5. The minimum absolute atomic E-state index is 0.00401. The van der Waals surface area contributed by atoms with Crippen LogP contribution in [0.25, 0.3) is 11.1 Å².